The van der Waals surface area contributed by atoms with Crippen LogP contribution in [0.4, 0.5) is 4.39 Å². The molecule has 0 atom stereocenters. The molecule has 0 aliphatic carbocycles. The standard InChI is InChI=1S/C14H15BrFNO2/c1-14(2)12(18)5-6-17(14)13(19)8-9-7-10(15)3-4-11(9)16/h3-4,7H,5-6,8H2,1-2H3. The van der Waals surface area contributed by atoms with Crippen LogP contribution in [0.3, 0.4) is 0 Å². The van der Waals surface area contributed by atoms with Crippen LogP contribution in [0, 0.1) is 5.82 Å². The summed E-state index contributed by atoms with van der Waals surface area (Å²) >= 11 is 3.26. The molecule has 1 aliphatic heterocycles. The molecule has 0 spiro atoms. The van der Waals surface area contributed by atoms with E-state index in [2.05, 4.69) is 15.9 Å². The van der Waals surface area contributed by atoms with E-state index in [0.717, 1.165) is 4.47 Å². The molecule has 0 bridgehead atoms. The van der Waals surface area contributed by atoms with Gasteiger partial charge in [-0.3, -0.25) is 9.59 Å². The van der Waals surface area contributed by atoms with Crippen LogP contribution in [0.25, 0.3) is 0 Å². The second kappa shape index (κ2) is 5.04. The summed E-state index contributed by atoms with van der Waals surface area (Å²) in [6.45, 7) is 3.88. The number of rotatable bonds is 2. The van der Waals surface area contributed by atoms with Crippen LogP contribution < -0.4 is 0 Å². The largest absolute Gasteiger partial charge is 0.330 e. The van der Waals surface area contributed by atoms with E-state index in [0.29, 0.717) is 18.5 Å². The molecule has 2 rings (SSSR count). The van der Waals surface area contributed by atoms with Crippen LogP contribution in [0.1, 0.15) is 25.8 Å². The van der Waals surface area contributed by atoms with Crippen LogP contribution in [-0.2, 0) is 16.0 Å². The first-order valence-corrected chi connectivity index (χ1v) is 6.89. The maximum atomic E-state index is 13.6. The molecule has 0 N–H and O–H groups in total. The Morgan fingerprint density at radius 1 is 1.47 bits per heavy atom. The summed E-state index contributed by atoms with van der Waals surface area (Å²) in [6, 6.07) is 4.51. The maximum absolute atomic E-state index is 13.6. The van der Waals surface area contributed by atoms with Crippen LogP contribution in [0.5, 0.6) is 0 Å². The molecule has 1 amide bonds. The third-order valence-corrected chi connectivity index (χ3v) is 4.06. The van der Waals surface area contributed by atoms with Crippen molar-refractivity contribution in [3.05, 3.63) is 34.1 Å². The molecule has 102 valence electrons. The molecule has 0 radical (unpaired) electrons. The molecule has 1 aliphatic rings. The minimum absolute atomic E-state index is 0.0258. The number of benzene rings is 1. The van der Waals surface area contributed by atoms with E-state index in [4.69, 9.17) is 0 Å². The number of Topliss-reactive ketones (excluding diaryl/α,β-unsaturated/α-hetero) is 1. The van der Waals surface area contributed by atoms with E-state index < -0.39 is 11.4 Å². The van der Waals surface area contributed by atoms with Crippen molar-refractivity contribution in [2.24, 2.45) is 0 Å². The van der Waals surface area contributed by atoms with Gasteiger partial charge in [-0.2, -0.15) is 0 Å². The monoisotopic (exact) mass is 327 g/mol. The number of halogens is 2. The second-order valence-corrected chi connectivity index (χ2v) is 6.11. The topological polar surface area (TPSA) is 37.4 Å². The molecule has 0 aromatic heterocycles. The lowest BCUT2D eigenvalue weighted by Crippen LogP contribution is -2.47. The Kier molecular flexibility index (Phi) is 3.76. The van der Waals surface area contributed by atoms with Gasteiger partial charge in [0.25, 0.3) is 0 Å². The zero-order valence-electron chi connectivity index (χ0n) is 10.9. The maximum Gasteiger partial charge on any atom is 0.227 e. The van der Waals surface area contributed by atoms with Crippen LogP contribution in [0.15, 0.2) is 22.7 Å². The lowest BCUT2D eigenvalue weighted by atomic mass is 10.00. The van der Waals surface area contributed by atoms with Crippen molar-refractivity contribution in [3.8, 4) is 0 Å². The summed E-state index contributed by atoms with van der Waals surface area (Å²) in [5.74, 6) is -0.566. The van der Waals surface area contributed by atoms with E-state index in [1.807, 2.05) is 0 Å². The van der Waals surface area contributed by atoms with Crippen molar-refractivity contribution < 1.29 is 14.0 Å². The van der Waals surface area contributed by atoms with Crippen molar-refractivity contribution in [1.29, 1.82) is 0 Å². The van der Waals surface area contributed by atoms with Crippen molar-refractivity contribution in [3.63, 3.8) is 0 Å². The fourth-order valence-electron chi connectivity index (χ4n) is 2.32. The molecule has 5 heteroatoms. The highest BCUT2D eigenvalue weighted by Crippen LogP contribution is 2.26. The molecular formula is C14H15BrFNO2. The molecule has 19 heavy (non-hydrogen) atoms. The van der Waals surface area contributed by atoms with Gasteiger partial charge in [-0.05, 0) is 37.6 Å². The summed E-state index contributed by atoms with van der Waals surface area (Å²) in [4.78, 5) is 25.5. The number of carbonyl (C=O) groups excluding carboxylic acids is 2. The van der Waals surface area contributed by atoms with Crippen LogP contribution in [0.2, 0.25) is 0 Å². The lowest BCUT2D eigenvalue weighted by Gasteiger charge is -2.30. The van der Waals surface area contributed by atoms with Gasteiger partial charge >= 0.3 is 0 Å². The first-order valence-electron chi connectivity index (χ1n) is 6.10. The van der Waals surface area contributed by atoms with E-state index in [1.165, 1.54) is 11.0 Å². The summed E-state index contributed by atoms with van der Waals surface area (Å²) in [7, 11) is 0. The molecule has 1 saturated heterocycles. The van der Waals surface area contributed by atoms with Gasteiger partial charge in [0.05, 0.1) is 12.0 Å². The van der Waals surface area contributed by atoms with Gasteiger partial charge in [0.1, 0.15) is 5.82 Å². The van der Waals surface area contributed by atoms with E-state index in [-0.39, 0.29) is 18.1 Å². The number of ketones is 1. The van der Waals surface area contributed by atoms with Crippen molar-refractivity contribution in [2.75, 3.05) is 6.54 Å². The lowest BCUT2D eigenvalue weighted by molar-refractivity contribution is -0.138. The van der Waals surface area contributed by atoms with Gasteiger partial charge in [0.15, 0.2) is 5.78 Å². The Hall–Kier alpha value is -1.23. The van der Waals surface area contributed by atoms with Crippen LogP contribution in [-0.4, -0.2) is 28.7 Å². The van der Waals surface area contributed by atoms with Crippen molar-refractivity contribution in [1.82, 2.24) is 4.90 Å². The average molecular weight is 328 g/mol. The molecule has 1 heterocycles. The molecule has 0 unspecified atom stereocenters. The number of carbonyl (C=O) groups is 2. The highest BCUT2D eigenvalue weighted by molar-refractivity contribution is 9.10. The fourth-order valence-corrected chi connectivity index (χ4v) is 2.73. The van der Waals surface area contributed by atoms with Gasteiger partial charge in [-0.15, -0.1) is 0 Å². The molecule has 1 aromatic carbocycles. The Labute approximate surface area is 119 Å². The number of hydrogen-bond donors (Lipinski definition) is 0. The normalized spacial score (nSPS) is 17.9. The van der Waals surface area contributed by atoms with Crippen LogP contribution >= 0.6 is 15.9 Å². The number of amides is 1. The SMILES string of the molecule is CC1(C)C(=O)CCN1C(=O)Cc1cc(Br)ccc1F. The number of hydrogen-bond acceptors (Lipinski definition) is 2. The minimum Gasteiger partial charge on any atom is -0.330 e. The van der Waals surface area contributed by atoms with E-state index in [1.54, 1.807) is 26.0 Å². The number of likely N-dealkylation sites (tertiary alicyclic amines) is 1. The number of nitrogens with zero attached hydrogens (tertiary/aromatic N) is 1. The van der Waals surface area contributed by atoms with Crippen molar-refractivity contribution >= 4 is 27.6 Å². The highest BCUT2D eigenvalue weighted by Gasteiger charge is 2.42. The predicted molar refractivity (Wildman–Crippen MR) is 73.2 cm³/mol. The zero-order chi connectivity index (χ0) is 14.2. The summed E-state index contributed by atoms with van der Waals surface area (Å²) < 4.78 is 14.4. The highest BCUT2D eigenvalue weighted by atomic mass is 79.9. The van der Waals surface area contributed by atoms with E-state index >= 15 is 0 Å². The van der Waals surface area contributed by atoms with Gasteiger partial charge in [-0.25, -0.2) is 4.39 Å². The fraction of sp³-hybridized carbons (Fsp3) is 0.429. The molecule has 1 fully saturated rings. The first kappa shape index (κ1) is 14.2. The minimum atomic E-state index is -0.778. The van der Waals surface area contributed by atoms with Gasteiger partial charge in [0.2, 0.25) is 5.91 Å². The van der Waals surface area contributed by atoms with E-state index in [9.17, 15) is 14.0 Å². The first-order chi connectivity index (χ1) is 8.82. The second-order valence-electron chi connectivity index (χ2n) is 5.19. The van der Waals surface area contributed by atoms with Gasteiger partial charge in [-0.1, -0.05) is 15.9 Å². The molecular weight excluding hydrogens is 313 g/mol. The molecule has 0 saturated carbocycles. The third kappa shape index (κ3) is 2.71. The molecule has 1 aromatic rings. The quantitative estimate of drug-likeness (QED) is 0.837. The van der Waals surface area contributed by atoms with Gasteiger partial charge in [0, 0.05) is 17.4 Å². The Morgan fingerprint density at radius 3 is 2.74 bits per heavy atom. The Morgan fingerprint density at radius 2 is 2.16 bits per heavy atom. The summed E-state index contributed by atoms with van der Waals surface area (Å²) in [5.41, 5.74) is -0.436. The smallest absolute Gasteiger partial charge is 0.227 e. The molecule has 3 nitrogen and oxygen atoms in total. The van der Waals surface area contributed by atoms with Gasteiger partial charge < -0.3 is 4.90 Å². The van der Waals surface area contributed by atoms with Crippen molar-refractivity contribution in [2.45, 2.75) is 32.2 Å². The Bertz CT molecular complexity index is 542. The predicted octanol–water partition coefficient (Wildman–Crippen LogP) is 2.71. The average Bonchev–Trinajstić information content (AvgIpc) is 2.59. The zero-order valence-corrected chi connectivity index (χ0v) is 12.5. The third-order valence-electron chi connectivity index (χ3n) is 3.57. The summed E-state index contributed by atoms with van der Waals surface area (Å²) in [6.07, 6.45) is 0.349. The Balaban J connectivity index is 2.18. The summed E-state index contributed by atoms with van der Waals surface area (Å²) in [5, 5.41) is 0.